The molecule has 0 amide bonds. The molecule has 1 aromatic carbocycles. The molecule has 1 saturated heterocycles. The van der Waals surface area contributed by atoms with Crippen LogP contribution in [0, 0.1) is 12.7 Å². The van der Waals surface area contributed by atoms with Crippen molar-refractivity contribution in [1.29, 1.82) is 0 Å². The molecule has 5 rings (SSSR count). The molecule has 0 unspecified atom stereocenters. The number of aryl methyl sites for hydroxylation is 1. The predicted molar refractivity (Wildman–Crippen MR) is 137 cm³/mol. The van der Waals surface area contributed by atoms with Crippen LogP contribution in [0.5, 0.6) is 0 Å². The molecule has 16 heteroatoms. The highest BCUT2D eigenvalue weighted by Gasteiger charge is 2.39. The zero-order chi connectivity index (χ0) is 28.7. The number of hydrogen-bond donors (Lipinski definition) is 3. The third kappa shape index (κ3) is 6.17. The van der Waals surface area contributed by atoms with E-state index in [0.29, 0.717) is 5.69 Å². The molecule has 0 atom stereocenters. The molecular weight excluding hydrogens is 559 g/mol. The van der Waals surface area contributed by atoms with E-state index in [1.165, 1.54) is 12.3 Å². The summed E-state index contributed by atoms with van der Waals surface area (Å²) in [5.41, 5.74) is 0.335. The van der Waals surface area contributed by atoms with Crippen molar-refractivity contribution >= 4 is 32.9 Å². The molecule has 3 N–H and O–H groups in total. The second-order valence-electron chi connectivity index (χ2n) is 9.60. The Morgan fingerprint density at radius 2 is 1.82 bits per heavy atom. The molecule has 4 heterocycles. The average molecular weight is 585 g/mol. The number of halogens is 5. The van der Waals surface area contributed by atoms with Gasteiger partial charge in [-0.25, -0.2) is 31.1 Å². The molecule has 1 aliphatic rings. The van der Waals surface area contributed by atoms with Crippen LogP contribution in [0.1, 0.15) is 29.9 Å². The third-order valence-corrected chi connectivity index (χ3v) is 7.71. The molecule has 10 nitrogen and oxygen atoms in total. The molecule has 3 aromatic heterocycles. The zero-order valence-electron chi connectivity index (χ0n) is 21.1. The molecule has 0 aliphatic carbocycles. The van der Waals surface area contributed by atoms with Crippen LogP contribution in [-0.2, 0) is 15.9 Å². The Balaban J connectivity index is 1.43. The van der Waals surface area contributed by atoms with Gasteiger partial charge in [0.15, 0.2) is 11.6 Å². The number of rotatable bonds is 9. The second kappa shape index (κ2) is 10.3. The number of nitrogens with one attached hydrogen (secondary N) is 3. The van der Waals surface area contributed by atoms with Crippen molar-refractivity contribution in [3.63, 3.8) is 0 Å². The van der Waals surface area contributed by atoms with Crippen LogP contribution in [0.15, 0.2) is 42.6 Å². The summed E-state index contributed by atoms with van der Waals surface area (Å²) in [6.45, 7) is 1.96. The number of likely N-dealkylation sites (tertiary alicyclic amines) is 1. The van der Waals surface area contributed by atoms with E-state index in [1.54, 1.807) is 17.9 Å². The normalized spacial score (nSPS) is 16.4. The fraction of sp³-hybridized carbons (Fsp3) is 0.375. The molecule has 1 aliphatic heterocycles. The number of fused-ring (bicyclic) bond motifs is 1. The summed E-state index contributed by atoms with van der Waals surface area (Å²) < 4.78 is 99.8. The second-order valence-corrected chi connectivity index (χ2v) is 11.4. The summed E-state index contributed by atoms with van der Waals surface area (Å²) >= 11 is 0. The van der Waals surface area contributed by atoms with E-state index in [1.807, 2.05) is 0 Å². The zero-order valence-corrected chi connectivity index (χ0v) is 22.0. The first-order chi connectivity index (χ1) is 18.8. The van der Waals surface area contributed by atoms with Crippen molar-refractivity contribution < 1.29 is 30.4 Å². The summed E-state index contributed by atoms with van der Waals surface area (Å²) in [6.07, 6.45) is 0.543. The topological polar surface area (TPSA) is 120 Å². The van der Waals surface area contributed by atoms with Gasteiger partial charge in [0, 0.05) is 49.8 Å². The van der Waals surface area contributed by atoms with Crippen molar-refractivity contribution in [2.75, 3.05) is 35.4 Å². The van der Waals surface area contributed by atoms with Crippen LogP contribution in [0.25, 0.3) is 5.52 Å². The lowest BCUT2D eigenvalue weighted by atomic mass is 10.1. The summed E-state index contributed by atoms with van der Waals surface area (Å²) in [7, 11) is -3.93. The number of nitrogens with zero attached hydrogens (tertiary/aromatic N) is 5. The highest BCUT2D eigenvalue weighted by molar-refractivity contribution is 7.92. The van der Waals surface area contributed by atoms with Gasteiger partial charge in [0.1, 0.15) is 11.3 Å². The molecule has 214 valence electrons. The van der Waals surface area contributed by atoms with E-state index >= 15 is 8.78 Å². The fourth-order valence-electron chi connectivity index (χ4n) is 4.26. The molecule has 40 heavy (non-hydrogen) atoms. The SMILES string of the molecule is Cc1cc(Nc2nc(C(F)(F)c3ccc(F)cc3)nn3cc(NS(=O)(=O)CCN4CCC(F)(F)CC4)cc23)n[nH]1. The van der Waals surface area contributed by atoms with Gasteiger partial charge in [0.2, 0.25) is 15.8 Å². The van der Waals surface area contributed by atoms with Gasteiger partial charge >= 0.3 is 5.92 Å². The molecule has 4 aromatic rings. The lowest BCUT2D eigenvalue weighted by Gasteiger charge is -2.31. The van der Waals surface area contributed by atoms with E-state index in [9.17, 15) is 21.6 Å². The number of aromatic amines is 1. The number of aromatic nitrogens is 5. The van der Waals surface area contributed by atoms with Gasteiger partial charge in [-0.3, -0.25) is 9.82 Å². The van der Waals surface area contributed by atoms with Crippen LogP contribution in [0.4, 0.5) is 39.3 Å². The summed E-state index contributed by atoms with van der Waals surface area (Å²) in [5, 5.41) is 13.5. The maximum Gasteiger partial charge on any atom is 0.333 e. The monoisotopic (exact) mass is 584 g/mol. The number of anilines is 3. The predicted octanol–water partition coefficient (Wildman–Crippen LogP) is 4.26. The maximum absolute atomic E-state index is 15.4. The first kappa shape index (κ1) is 27.8. The molecule has 1 fully saturated rings. The largest absolute Gasteiger partial charge is 0.333 e. The van der Waals surface area contributed by atoms with Crippen LogP contribution in [-0.4, -0.2) is 69.4 Å². The first-order valence-electron chi connectivity index (χ1n) is 12.2. The molecule has 0 bridgehead atoms. The van der Waals surface area contributed by atoms with Crippen LogP contribution < -0.4 is 10.0 Å². The Bertz CT molecular complexity index is 1610. The minimum Gasteiger partial charge on any atom is -0.322 e. The number of benzene rings is 1. The Kier molecular flexibility index (Phi) is 7.16. The van der Waals surface area contributed by atoms with E-state index in [-0.39, 0.29) is 61.1 Å². The molecule has 0 radical (unpaired) electrons. The molecule has 0 saturated carbocycles. The molecule has 0 spiro atoms. The number of alkyl halides is 4. The lowest BCUT2D eigenvalue weighted by Crippen LogP contribution is -2.41. The number of piperidine rings is 1. The third-order valence-electron chi connectivity index (χ3n) is 6.44. The van der Waals surface area contributed by atoms with E-state index in [4.69, 9.17) is 0 Å². The number of hydrogen-bond acceptors (Lipinski definition) is 7. The Morgan fingerprint density at radius 3 is 2.48 bits per heavy atom. The van der Waals surface area contributed by atoms with Gasteiger partial charge in [0.05, 0.1) is 17.6 Å². The minimum absolute atomic E-state index is 0.0305. The number of sulfonamides is 1. The smallest absolute Gasteiger partial charge is 0.322 e. The Labute approximate surface area is 225 Å². The van der Waals surface area contributed by atoms with Gasteiger partial charge < -0.3 is 10.2 Å². The van der Waals surface area contributed by atoms with Crippen molar-refractivity contribution in [2.45, 2.75) is 31.6 Å². The van der Waals surface area contributed by atoms with E-state index in [0.717, 1.165) is 28.8 Å². The standard InChI is InChI=1S/C24H25F5N8O2S/c1-15-12-20(33-32-15)30-21-19-13-18(35-40(38,39)11-10-36-8-6-23(26,27)7-9-36)14-37(19)34-22(31-21)24(28,29)16-2-4-17(25)5-3-16/h2-5,12-14,35H,6-11H2,1H3,(H2,30,31,32,33,34). The quantitative estimate of drug-likeness (QED) is 0.252. The summed E-state index contributed by atoms with van der Waals surface area (Å²) in [5.74, 6) is -8.26. The van der Waals surface area contributed by atoms with Crippen molar-refractivity contribution in [3.8, 4) is 0 Å². The highest BCUT2D eigenvalue weighted by Crippen LogP contribution is 2.35. The Morgan fingerprint density at radius 1 is 1.12 bits per heavy atom. The van der Waals surface area contributed by atoms with Gasteiger partial charge in [-0.15, -0.1) is 5.10 Å². The maximum atomic E-state index is 15.4. The van der Waals surface area contributed by atoms with Crippen molar-refractivity contribution in [1.82, 2.24) is 29.7 Å². The minimum atomic E-state index is -3.93. The van der Waals surface area contributed by atoms with Crippen LogP contribution >= 0.6 is 0 Å². The lowest BCUT2D eigenvalue weighted by molar-refractivity contribution is -0.0539. The van der Waals surface area contributed by atoms with Gasteiger partial charge in [-0.1, -0.05) is 0 Å². The van der Waals surface area contributed by atoms with Crippen LogP contribution in [0.2, 0.25) is 0 Å². The first-order valence-corrected chi connectivity index (χ1v) is 13.9. The van der Waals surface area contributed by atoms with Gasteiger partial charge in [0.25, 0.3) is 5.92 Å². The highest BCUT2D eigenvalue weighted by atomic mass is 32.2. The summed E-state index contributed by atoms with van der Waals surface area (Å²) in [6, 6.07) is 6.61. The van der Waals surface area contributed by atoms with Crippen molar-refractivity contribution in [3.05, 3.63) is 65.5 Å². The van der Waals surface area contributed by atoms with E-state index in [2.05, 4.69) is 30.3 Å². The van der Waals surface area contributed by atoms with E-state index < -0.39 is 39.1 Å². The van der Waals surface area contributed by atoms with Crippen molar-refractivity contribution in [2.24, 2.45) is 0 Å². The Hall–Kier alpha value is -3.79. The van der Waals surface area contributed by atoms with Gasteiger partial charge in [-0.05, 0) is 37.3 Å². The molecular formula is C24H25F5N8O2S. The summed E-state index contributed by atoms with van der Waals surface area (Å²) in [4.78, 5) is 5.66. The van der Waals surface area contributed by atoms with Crippen LogP contribution in [0.3, 0.4) is 0 Å². The fourth-order valence-corrected chi connectivity index (χ4v) is 5.33. The average Bonchev–Trinajstić information content (AvgIpc) is 3.48. The number of H-pyrrole nitrogens is 1. The van der Waals surface area contributed by atoms with Gasteiger partial charge in [-0.2, -0.15) is 13.9 Å².